The fourth-order valence-electron chi connectivity index (χ4n) is 2.47. The van der Waals surface area contributed by atoms with Crippen molar-refractivity contribution in [1.82, 2.24) is 14.9 Å². The number of ether oxygens (including phenoxy) is 1. The summed E-state index contributed by atoms with van der Waals surface area (Å²) in [6.45, 7) is 4.77. The van der Waals surface area contributed by atoms with Crippen LogP contribution in [0.4, 0.5) is 5.82 Å². The highest BCUT2D eigenvalue weighted by Gasteiger charge is 2.21. The number of likely N-dealkylation sites (tertiary alicyclic amines) is 1. The number of rotatable bonds is 2. The Morgan fingerprint density at radius 2 is 1.79 bits per heavy atom. The minimum atomic E-state index is -0.00136. The molecule has 19 heavy (non-hydrogen) atoms. The first-order chi connectivity index (χ1) is 9.34. The third kappa shape index (κ3) is 2.68. The zero-order valence-corrected chi connectivity index (χ0v) is 10.9. The van der Waals surface area contributed by atoms with Crippen LogP contribution in [0.3, 0.4) is 0 Å². The molecule has 0 bridgehead atoms. The van der Waals surface area contributed by atoms with E-state index in [-0.39, 0.29) is 5.91 Å². The number of carbonyl (C=O) groups is 1. The summed E-state index contributed by atoms with van der Waals surface area (Å²) in [6, 6.07) is 0. The molecule has 0 radical (unpaired) electrons. The Bertz CT molecular complexity index is 436. The molecule has 3 rings (SSSR count). The molecule has 6 nitrogen and oxygen atoms in total. The maximum absolute atomic E-state index is 12.1. The lowest BCUT2D eigenvalue weighted by atomic mass is 10.3. The summed E-state index contributed by atoms with van der Waals surface area (Å²) in [5, 5.41) is 0. The van der Waals surface area contributed by atoms with Gasteiger partial charge in [-0.05, 0) is 12.8 Å². The fraction of sp³-hybridized carbons (Fsp3) is 0.615. The van der Waals surface area contributed by atoms with Crippen LogP contribution in [0.15, 0.2) is 12.4 Å². The molecule has 1 aromatic heterocycles. The molecule has 0 saturated carbocycles. The maximum atomic E-state index is 12.1. The van der Waals surface area contributed by atoms with Gasteiger partial charge in [-0.2, -0.15) is 0 Å². The van der Waals surface area contributed by atoms with Gasteiger partial charge in [-0.1, -0.05) is 0 Å². The average Bonchev–Trinajstić information content (AvgIpc) is 3.02. The number of anilines is 1. The zero-order chi connectivity index (χ0) is 13.1. The second kappa shape index (κ2) is 5.52. The molecule has 1 aromatic rings. The van der Waals surface area contributed by atoms with E-state index in [1.807, 2.05) is 4.90 Å². The molecule has 0 aromatic carbocycles. The third-order valence-electron chi connectivity index (χ3n) is 3.59. The highest BCUT2D eigenvalue weighted by Crippen LogP contribution is 2.14. The summed E-state index contributed by atoms with van der Waals surface area (Å²) < 4.78 is 5.30. The van der Waals surface area contributed by atoms with Crippen LogP contribution in [-0.4, -0.2) is 60.2 Å². The van der Waals surface area contributed by atoms with Gasteiger partial charge in [0.1, 0.15) is 11.5 Å². The van der Waals surface area contributed by atoms with Gasteiger partial charge in [0.25, 0.3) is 5.91 Å². The predicted octanol–water partition coefficient (Wildman–Crippen LogP) is 0.549. The van der Waals surface area contributed by atoms with E-state index >= 15 is 0 Å². The van der Waals surface area contributed by atoms with E-state index in [1.54, 1.807) is 12.4 Å². The second-order valence-electron chi connectivity index (χ2n) is 4.86. The smallest absolute Gasteiger partial charge is 0.274 e. The summed E-state index contributed by atoms with van der Waals surface area (Å²) >= 11 is 0. The normalized spacial score (nSPS) is 19.8. The van der Waals surface area contributed by atoms with Crippen molar-refractivity contribution in [3.05, 3.63) is 18.1 Å². The van der Waals surface area contributed by atoms with E-state index in [0.717, 1.165) is 58.1 Å². The van der Waals surface area contributed by atoms with Crippen molar-refractivity contribution in [2.45, 2.75) is 12.8 Å². The Kier molecular flexibility index (Phi) is 3.59. The number of morpholine rings is 1. The molecule has 1 amide bonds. The minimum absolute atomic E-state index is 0.00136. The van der Waals surface area contributed by atoms with Crippen molar-refractivity contribution in [2.75, 3.05) is 44.3 Å². The lowest BCUT2D eigenvalue weighted by molar-refractivity contribution is 0.0786. The molecule has 0 spiro atoms. The van der Waals surface area contributed by atoms with Crippen molar-refractivity contribution in [3.8, 4) is 0 Å². The Morgan fingerprint density at radius 3 is 2.42 bits per heavy atom. The number of hydrogen-bond donors (Lipinski definition) is 0. The molecular formula is C13H18N4O2. The van der Waals surface area contributed by atoms with E-state index in [0.29, 0.717) is 5.69 Å². The fourth-order valence-corrected chi connectivity index (χ4v) is 2.47. The first-order valence-electron chi connectivity index (χ1n) is 6.78. The van der Waals surface area contributed by atoms with Crippen molar-refractivity contribution in [3.63, 3.8) is 0 Å². The average molecular weight is 262 g/mol. The summed E-state index contributed by atoms with van der Waals surface area (Å²) in [6.07, 6.45) is 5.45. The van der Waals surface area contributed by atoms with Crippen molar-refractivity contribution >= 4 is 11.7 Å². The molecule has 0 aliphatic carbocycles. The van der Waals surface area contributed by atoms with Crippen LogP contribution in [0.5, 0.6) is 0 Å². The van der Waals surface area contributed by atoms with Crippen LogP contribution in [0.1, 0.15) is 23.3 Å². The molecule has 2 saturated heterocycles. The monoisotopic (exact) mass is 262 g/mol. The van der Waals surface area contributed by atoms with E-state index in [4.69, 9.17) is 4.74 Å². The number of aromatic nitrogens is 2. The van der Waals surface area contributed by atoms with Crippen LogP contribution in [0.2, 0.25) is 0 Å². The van der Waals surface area contributed by atoms with Crippen molar-refractivity contribution < 1.29 is 9.53 Å². The Morgan fingerprint density at radius 1 is 1.05 bits per heavy atom. The van der Waals surface area contributed by atoms with Gasteiger partial charge in [-0.25, -0.2) is 9.97 Å². The number of amides is 1. The summed E-state index contributed by atoms with van der Waals surface area (Å²) in [4.78, 5) is 24.7. The molecule has 2 aliphatic heterocycles. The molecule has 6 heteroatoms. The molecule has 2 aliphatic rings. The molecule has 0 N–H and O–H groups in total. The molecular weight excluding hydrogens is 244 g/mol. The molecule has 0 atom stereocenters. The highest BCUT2D eigenvalue weighted by molar-refractivity contribution is 5.92. The Labute approximate surface area is 112 Å². The maximum Gasteiger partial charge on any atom is 0.274 e. The Balaban J connectivity index is 1.69. The number of hydrogen-bond acceptors (Lipinski definition) is 5. The van der Waals surface area contributed by atoms with Gasteiger partial charge in [0, 0.05) is 26.2 Å². The number of carbonyl (C=O) groups excluding carboxylic acids is 1. The van der Waals surface area contributed by atoms with Gasteiger partial charge in [-0.15, -0.1) is 0 Å². The summed E-state index contributed by atoms with van der Waals surface area (Å²) in [5.41, 5.74) is 0.443. The quantitative estimate of drug-likeness (QED) is 0.779. The minimum Gasteiger partial charge on any atom is -0.378 e. The highest BCUT2D eigenvalue weighted by atomic mass is 16.5. The summed E-state index contributed by atoms with van der Waals surface area (Å²) in [5.74, 6) is 0.819. The van der Waals surface area contributed by atoms with Crippen LogP contribution in [-0.2, 0) is 4.74 Å². The molecule has 3 heterocycles. The van der Waals surface area contributed by atoms with Crippen LogP contribution >= 0.6 is 0 Å². The number of nitrogens with zero attached hydrogens (tertiary/aromatic N) is 4. The van der Waals surface area contributed by atoms with Gasteiger partial charge < -0.3 is 14.5 Å². The van der Waals surface area contributed by atoms with Gasteiger partial charge in [0.2, 0.25) is 0 Å². The van der Waals surface area contributed by atoms with Gasteiger partial charge >= 0.3 is 0 Å². The van der Waals surface area contributed by atoms with E-state index in [1.165, 1.54) is 0 Å². The van der Waals surface area contributed by atoms with Gasteiger partial charge in [-0.3, -0.25) is 4.79 Å². The van der Waals surface area contributed by atoms with E-state index < -0.39 is 0 Å². The lowest BCUT2D eigenvalue weighted by Crippen LogP contribution is -2.37. The topological polar surface area (TPSA) is 58.6 Å². The lowest BCUT2D eigenvalue weighted by Gasteiger charge is -2.27. The first kappa shape index (κ1) is 12.3. The first-order valence-corrected chi connectivity index (χ1v) is 6.78. The second-order valence-corrected chi connectivity index (χ2v) is 4.86. The Hall–Kier alpha value is -1.69. The molecule has 0 unspecified atom stereocenters. The standard InChI is InChI=1S/C13H18N4O2/c18-13(17-3-1-2-4-17)11-9-15-12(10-14-11)16-5-7-19-8-6-16/h9-10H,1-8H2. The van der Waals surface area contributed by atoms with Crippen LogP contribution in [0, 0.1) is 0 Å². The van der Waals surface area contributed by atoms with E-state index in [9.17, 15) is 4.79 Å². The van der Waals surface area contributed by atoms with Gasteiger partial charge in [0.05, 0.1) is 25.6 Å². The predicted molar refractivity (Wildman–Crippen MR) is 70.2 cm³/mol. The van der Waals surface area contributed by atoms with E-state index in [2.05, 4.69) is 14.9 Å². The largest absolute Gasteiger partial charge is 0.378 e. The van der Waals surface area contributed by atoms with Gasteiger partial charge in [0.15, 0.2) is 0 Å². The molecule has 102 valence electrons. The van der Waals surface area contributed by atoms with Crippen LogP contribution < -0.4 is 4.90 Å². The van der Waals surface area contributed by atoms with Crippen molar-refractivity contribution in [1.29, 1.82) is 0 Å². The van der Waals surface area contributed by atoms with Crippen LogP contribution in [0.25, 0.3) is 0 Å². The third-order valence-corrected chi connectivity index (χ3v) is 3.59. The SMILES string of the molecule is O=C(c1cnc(N2CCOCC2)cn1)N1CCCC1. The molecule has 2 fully saturated rings. The summed E-state index contributed by atoms with van der Waals surface area (Å²) in [7, 11) is 0. The zero-order valence-electron chi connectivity index (χ0n) is 10.9. The van der Waals surface area contributed by atoms with Crippen molar-refractivity contribution in [2.24, 2.45) is 0 Å².